The average Bonchev–Trinajstić information content (AvgIpc) is 1.61. The van der Waals surface area contributed by atoms with Crippen molar-refractivity contribution in [1.29, 1.82) is 0 Å². The highest BCUT2D eigenvalue weighted by Gasteiger charge is 2.66. The molecule has 6 aliphatic rings. The molecule has 5 amide bonds. The van der Waals surface area contributed by atoms with Crippen LogP contribution in [0.5, 0.6) is 0 Å². The van der Waals surface area contributed by atoms with Crippen LogP contribution in [0.15, 0.2) is 48.9 Å². The minimum absolute atomic E-state index is 0.0522. The summed E-state index contributed by atoms with van der Waals surface area (Å²) in [5.74, 6) is -5.60. The van der Waals surface area contributed by atoms with Gasteiger partial charge in [-0.2, -0.15) is 0 Å². The van der Waals surface area contributed by atoms with Gasteiger partial charge in [0.15, 0.2) is 72.3 Å². The van der Waals surface area contributed by atoms with Crippen molar-refractivity contribution in [3.05, 3.63) is 71.6 Å². The highest BCUT2D eigenvalue weighted by Crippen LogP contribution is 2.44. The Balaban J connectivity index is 0.669. The van der Waals surface area contributed by atoms with Crippen LogP contribution in [0.25, 0.3) is 0 Å². The third-order valence-electron chi connectivity index (χ3n) is 22.2. The van der Waals surface area contributed by atoms with Crippen molar-refractivity contribution in [2.24, 2.45) is 0 Å². The number of alkyl carbamates (subject to hydrolysis) is 1. The SMILES string of the molecule is CC(=O)N[C@H]1[C@H]2OC[C@](COCCOCCOCCOCCn3cc(COCC(COCc4cn(CCOCCOCCOCCOC[C@@]56CO[C@@H](O5)[C@H](NC(C)=O)[C@@H](OC(C)=O)[C@H]6OC(C)=O)nn4)(COCc4cn(CCOCCOCCOCCOC[C@@]56CO[C@@H](O5)[C@H](NC(C)=O)[C@@H](OC(C)=O)[C@H]6OC(C)=O)nn4)NC(=O)CCCCCNC(=O)OCc4ccccc4)nn3)(O2)[C@H](OC(C)=O)[C@@H]1OC(C)=O. The van der Waals surface area contributed by atoms with E-state index >= 15 is 0 Å². The van der Waals surface area contributed by atoms with Gasteiger partial charge in [0.1, 0.15) is 47.4 Å². The number of nitrogens with zero attached hydrogens (tertiary/aromatic N) is 9. The fourth-order valence-corrected chi connectivity index (χ4v) is 16.1. The molecule has 15 atom stereocenters. The largest absolute Gasteiger partial charge is 0.456 e. The number of carbonyl (C=O) groups excluding carboxylic acids is 11. The predicted molar refractivity (Wildman–Crippen MR) is 480 cm³/mol. The Labute approximate surface area is 825 Å². The second-order valence-corrected chi connectivity index (χ2v) is 34.3. The molecule has 53 nitrogen and oxygen atoms in total. The summed E-state index contributed by atoms with van der Waals surface area (Å²) in [6.45, 7) is 16.0. The molecule has 5 N–H and O–H groups in total. The minimum atomic E-state index is -1.36. The number of esters is 6. The van der Waals surface area contributed by atoms with Gasteiger partial charge in [-0.05, 0) is 18.4 Å². The van der Waals surface area contributed by atoms with Crippen LogP contribution in [0, 0.1) is 0 Å². The molecule has 10 rings (SSSR count). The molecule has 53 heteroatoms. The molecule has 1 aromatic carbocycles. The van der Waals surface area contributed by atoms with Crippen LogP contribution < -0.4 is 26.6 Å². The van der Waals surface area contributed by atoms with Gasteiger partial charge in [-0.1, -0.05) is 52.4 Å². The third-order valence-corrected chi connectivity index (χ3v) is 22.2. The number of unbranched alkanes of at least 4 members (excludes halogenated alkanes) is 2. The quantitative estimate of drug-likeness (QED) is 0.0189. The first kappa shape index (κ1) is 115. The summed E-state index contributed by atoms with van der Waals surface area (Å²) in [6, 6.07) is 6.45. The molecule has 0 unspecified atom stereocenters. The maximum absolute atomic E-state index is 14.3. The van der Waals surface area contributed by atoms with Gasteiger partial charge in [0, 0.05) is 75.3 Å². The van der Waals surface area contributed by atoms with Crippen molar-refractivity contribution >= 4 is 65.5 Å². The number of benzene rings is 1. The molecule has 0 aliphatic carbocycles. The lowest BCUT2D eigenvalue weighted by molar-refractivity contribution is -0.251. The lowest BCUT2D eigenvalue weighted by Gasteiger charge is -2.45. The zero-order valence-corrected chi connectivity index (χ0v) is 82.2. The number of fused-ring (bicyclic) bond motifs is 6. The van der Waals surface area contributed by atoms with Crippen molar-refractivity contribution in [1.82, 2.24) is 71.6 Å². The van der Waals surface area contributed by atoms with Gasteiger partial charge < -0.3 is 159 Å². The van der Waals surface area contributed by atoms with Crippen LogP contribution in [0.4, 0.5) is 4.79 Å². The van der Waals surface area contributed by atoms with Crippen molar-refractivity contribution in [2.45, 2.75) is 230 Å². The summed E-state index contributed by atoms with van der Waals surface area (Å²) in [5.41, 5.74) is -3.13. The summed E-state index contributed by atoms with van der Waals surface area (Å²) >= 11 is 0. The molecule has 6 bridgehead atoms. The number of hydrogen-bond donors (Lipinski definition) is 5. The molecule has 6 aliphatic heterocycles. The number of carbonyl (C=O) groups is 11. The van der Waals surface area contributed by atoms with Gasteiger partial charge in [0.25, 0.3) is 0 Å². The van der Waals surface area contributed by atoms with Gasteiger partial charge in [-0.25, -0.2) is 18.8 Å². The molecule has 9 heterocycles. The first-order valence-corrected chi connectivity index (χ1v) is 47.3. The van der Waals surface area contributed by atoms with Crippen molar-refractivity contribution in [3.8, 4) is 0 Å². The molecule has 6 saturated heterocycles. The number of rotatable bonds is 72. The molecule has 800 valence electrons. The van der Waals surface area contributed by atoms with Crippen LogP contribution in [0.1, 0.15) is 111 Å². The number of amides is 5. The monoisotopic (exact) mass is 2040 g/mol. The van der Waals surface area contributed by atoms with E-state index < -0.39 is 156 Å². The number of hydrogen-bond acceptors (Lipinski definition) is 45. The maximum Gasteiger partial charge on any atom is 0.407 e. The Morgan fingerprint density at radius 1 is 0.364 bits per heavy atom. The first-order chi connectivity index (χ1) is 69.0. The van der Waals surface area contributed by atoms with E-state index in [-0.39, 0.29) is 237 Å². The third kappa shape index (κ3) is 38.9. The first-order valence-electron chi connectivity index (χ1n) is 47.3. The molecule has 4 aromatic rings. The summed E-state index contributed by atoms with van der Waals surface area (Å²) in [4.78, 5) is 136. The highest BCUT2D eigenvalue weighted by atomic mass is 16.8. The van der Waals surface area contributed by atoms with Crippen LogP contribution >= 0.6 is 0 Å². The van der Waals surface area contributed by atoms with Crippen molar-refractivity contribution in [3.63, 3.8) is 0 Å². The second kappa shape index (κ2) is 60.6. The van der Waals surface area contributed by atoms with Gasteiger partial charge in [-0.15, -0.1) is 15.3 Å². The van der Waals surface area contributed by atoms with Crippen LogP contribution in [-0.2, 0) is 227 Å². The van der Waals surface area contributed by atoms with E-state index in [1.165, 1.54) is 62.3 Å². The normalized spacial score (nSPS) is 23.5. The Hall–Kier alpha value is -10.2. The summed E-state index contributed by atoms with van der Waals surface area (Å²) < 4.78 is 168. The van der Waals surface area contributed by atoms with Crippen LogP contribution in [0.2, 0.25) is 0 Å². The van der Waals surface area contributed by atoms with E-state index in [1.807, 2.05) is 30.3 Å². The Bertz CT molecular complexity index is 4190. The minimum Gasteiger partial charge on any atom is -0.456 e. The van der Waals surface area contributed by atoms with Crippen molar-refractivity contribution < 1.29 is 185 Å². The smallest absolute Gasteiger partial charge is 0.407 e. The molecular weight excluding hydrogens is 1900 g/mol. The van der Waals surface area contributed by atoms with E-state index in [0.717, 1.165) is 5.56 Å². The van der Waals surface area contributed by atoms with Gasteiger partial charge in [0.2, 0.25) is 23.6 Å². The molecule has 0 radical (unpaired) electrons. The van der Waals surface area contributed by atoms with E-state index in [0.29, 0.717) is 62.5 Å². The zero-order valence-electron chi connectivity index (χ0n) is 82.2. The van der Waals surface area contributed by atoms with Crippen LogP contribution in [0.3, 0.4) is 0 Å². The lowest BCUT2D eigenvalue weighted by Crippen LogP contribution is -2.68. The van der Waals surface area contributed by atoms with E-state index in [2.05, 4.69) is 57.5 Å². The summed E-state index contributed by atoms with van der Waals surface area (Å²) in [5, 5.41) is 39.8. The molecule has 3 aromatic heterocycles. The van der Waals surface area contributed by atoms with Gasteiger partial charge >= 0.3 is 41.9 Å². The zero-order chi connectivity index (χ0) is 102. The summed E-state index contributed by atoms with van der Waals surface area (Å²) in [6.07, 6.45) is -3.57. The molecular formula is C90H136N14O39. The number of aromatic nitrogens is 9. The number of nitrogens with one attached hydrogen (secondary N) is 5. The fraction of sp³-hybridized carbons (Fsp3) is 0.744. The molecule has 0 saturated carbocycles. The molecule has 143 heavy (non-hydrogen) atoms. The Morgan fingerprint density at radius 3 is 0.965 bits per heavy atom. The van der Waals surface area contributed by atoms with Crippen LogP contribution in [-0.4, -0.2) is 411 Å². The fourth-order valence-electron chi connectivity index (χ4n) is 16.1. The van der Waals surface area contributed by atoms with Gasteiger partial charge in [0.05, 0.1) is 256 Å². The number of ether oxygens (including phenoxy) is 28. The summed E-state index contributed by atoms with van der Waals surface area (Å²) in [7, 11) is 0. The van der Waals surface area contributed by atoms with E-state index in [1.54, 1.807) is 32.6 Å². The maximum atomic E-state index is 14.3. The van der Waals surface area contributed by atoms with E-state index in [4.69, 9.17) is 133 Å². The predicted octanol–water partition coefficient (Wildman–Crippen LogP) is -1.57. The molecule has 0 spiro atoms. The molecule has 6 fully saturated rings. The topological polar surface area (TPSA) is 598 Å². The average molecular weight is 2040 g/mol. The second-order valence-electron chi connectivity index (χ2n) is 34.3. The Kier molecular flexibility index (Phi) is 48.6. The van der Waals surface area contributed by atoms with Gasteiger partial charge in [-0.3, -0.25) is 47.9 Å². The lowest BCUT2D eigenvalue weighted by atomic mass is 9.87. The highest BCUT2D eigenvalue weighted by molar-refractivity contribution is 5.77. The van der Waals surface area contributed by atoms with Crippen molar-refractivity contribution in [2.75, 3.05) is 205 Å². The standard InChI is InChI=1S/C90H136N14O39/c1-60(105)92-74-77(135-63(4)108)80(138-66(7)111)88(57-132-83(74)141-88)54-125-41-38-122-35-32-119-29-26-116-23-20-102-44-70(96-99-102)48-128-51-87(95-73(114)18-14-11-15-19-91-86(115)131-47-69-16-12-10-13-17-69,52-129-49-71-45-103(100-97-71)21-24-117-27-30-120-33-36-123-39-42-126-55-89-58-133-84(142-89)75(93-61(2)106)78(136-64(5)109)81(89)139-67(8)112)53-130-50-72-46-104(101-98-72)22-25-118-28-31-121-34-37-124-40-43-127-56-90-59-134-85(143-90)76(94-62(3)107)79(137-65(6)110)82(90)140-68(9)113/h10,12-13,16-17,44-46,74-85H,11,14-15,18-43,47-59H2,1-9H3,(H,91,115)(H,92,105)(H,93,106)(H,94,107)(H,95,114)/t74-,75-,76-,77-,78-,79-,80-,81-,82-,83+,84+,85+,88+,89+,90+/m1/s1. The Morgan fingerprint density at radius 2 is 0.664 bits per heavy atom. The van der Waals surface area contributed by atoms with E-state index in [9.17, 15) is 52.7 Å².